The molecule has 170 valence electrons. The molecule has 0 aromatic heterocycles. The van der Waals surface area contributed by atoms with Crippen LogP contribution in [-0.4, -0.2) is 47.6 Å². The van der Waals surface area contributed by atoms with Crippen LogP contribution in [0.2, 0.25) is 0 Å². The summed E-state index contributed by atoms with van der Waals surface area (Å²) in [6, 6.07) is 7.58. The molecule has 1 fully saturated rings. The van der Waals surface area contributed by atoms with Gasteiger partial charge in [-0.15, -0.1) is 0 Å². The molecule has 0 aliphatic carbocycles. The minimum Gasteiger partial charge on any atom is -0.481 e. The molecule has 7 nitrogen and oxygen atoms in total. The summed E-state index contributed by atoms with van der Waals surface area (Å²) in [7, 11) is -0.660. The summed E-state index contributed by atoms with van der Waals surface area (Å²) in [5.74, 6) is -0.850. The van der Waals surface area contributed by atoms with E-state index in [2.05, 4.69) is 5.32 Å². The lowest BCUT2D eigenvalue weighted by Crippen LogP contribution is -2.41. The Morgan fingerprint density at radius 2 is 1.71 bits per heavy atom. The predicted molar refractivity (Wildman–Crippen MR) is 121 cm³/mol. The summed E-state index contributed by atoms with van der Waals surface area (Å²) >= 11 is 0. The van der Waals surface area contributed by atoms with Gasteiger partial charge in [-0.2, -0.15) is 0 Å². The Morgan fingerprint density at radius 1 is 1.13 bits per heavy atom. The topological polar surface area (TPSA) is 94.1 Å². The normalized spacial score (nSPS) is 18.0. The Labute approximate surface area is 185 Å². The summed E-state index contributed by atoms with van der Waals surface area (Å²) in [4.78, 5) is 23.3. The zero-order valence-corrected chi connectivity index (χ0v) is 19.6. The average molecular weight is 431 g/mol. The third kappa shape index (κ3) is 7.11. The van der Waals surface area contributed by atoms with E-state index in [0.717, 1.165) is 11.1 Å². The second-order valence-corrected chi connectivity index (χ2v) is 9.76. The number of aryl methyl sites for hydroxylation is 1. The second kappa shape index (κ2) is 9.45. The number of benzene rings is 1. The van der Waals surface area contributed by atoms with E-state index in [1.54, 1.807) is 20.8 Å². The quantitative estimate of drug-likeness (QED) is 0.627. The SMILES string of the molecule is CC(C)(C)OC(=O)NCC(=Cc1ccccc1CCC(=O)O)B1OC(C)(C)C(C)(C)O1. The Morgan fingerprint density at radius 3 is 2.26 bits per heavy atom. The van der Waals surface area contributed by atoms with Crippen LogP contribution in [0, 0.1) is 0 Å². The Kier molecular flexibility index (Phi) is 7.60. The summed E-state index contributed by atoms with van der Waals surface area (Å²) in [6.07, 6.45) is 1.80. The third-order valence-corrected chi connectivity index (χ3v) is 5.40. The van der Waals surface area contributed by atoms with E-state index in [-0.39, 0.29) is 13.0 Å². The predicted octanol–water partition coefficient (Wildman–Crippen LogP) is 4.24. The van der Waals surface area contributed by atoms with Gasteiger partial charge in [0.1, 0.15) is 5.60 Å². The van der Waals surface area contributed by atoms with E-state index >= 15 is 0 Å². The molecule has 1 saturated heterocycles. The van der Waals surface area contributed by atoms with Crippen molar-refractivity contribution in [3.63, 3.8) is 0 Å². The van der Waals surface area contributed by atoms with Crippen molar-refractivity contribution in [2.45, 2.75) is 78.1 Å². The molecule has 1 aliphatic heterocycles. The van der Waals surface area contributed by atoms with Crippen LogP contribution in [-0.2, 0) is 25.3 Å². The van der Waals surface area contributed by atoms with E-state index in [1.165, 1.54) is 0 Å². The fraction of sp³-hybridized carbons (Fsp3) is 0.565. The molecule has 0 saturated carbocycles. The fourth-order valence-electron chi connectivity index (χ4n) is 3.03. The van der Waals surface area contributed by atoms with Gasteiger partial charge in [0, 0.05) is 13.0 Å². The molecule has 0 atom stereocenters. The molecular formula is C23H34BNO6. The minimum atomic E-state index is -0.850. The lowest BCUT2D eigenvalue weighted by molar-refractivity contribution is -0.136. The highest BCUT2D eigenvalue weighted by atomic mass is 16.7. The van der Waals surface area contributed by atoms with Crippen LogP contribution in [0.1, 0.15) is 66.0 Å². The van der Waals surface area contributed by atoms with Gasteiger partial charge in [-0.05, 0) is 71.5 Å². The first-order valence-electron chi connectivity index (χ1n) is 10.5. The molecule has 2 rings (SSSR count). The molecule has 1 aromatic carbocycles. The molecule has 1 heterocycles. The molecule has 1 aromatic rings. The fourth-order valence-corrected chi connectivity index (χ4v) is 3.03. The van der Waals surface area contributed by atoms with Gasteiger partial charge in [0.2, 0.25) is 0 Å². The molecule has 1 amide bonds. The van der Waals surface area contributed by atoms with Crippen LogP contribution in [0.15, 0.2) is 29.7 Å². The van der Waals surface area contributed by atoms with Crippen molar-refractivity contribution >= 4 is 25.3 Å². The second-order valence-electron chi connectivity index (χ2n) is 9.76. The molecule has 0 spiro atoms. The first-order valence-corrected chi connectivity index (χ1v) is 10.5. The van der Waals surface area contributed by atoms with Crippen molar-refractivity contribution in [3.05, 3.63) is 40.9 Å². The van der Waals surface area contributed by atoms with Gasteiger partial charge < -0.3 is 24.5 Å². The maximum absolute atomic E-state index is 12.2. The van der Waals surface area contributed by atoms with E-state index in [9.17, 15) is 9.59 Å². The van der Waals surface area contributed by atoms with Crippen molar-refractivity contribution in [2.75, 3.05) is 6.54 Å². The van der Waals surface area contributed by atoms with E-state index in [0.29, 0.717) is 11.9 Å². The first-order chi connectivity index (χ1) is 14.2. The molecule has 8 heteroatoms. The average Bonchev–Trinajstić information content (AvgIpc) is 2.83. The van der Waals surface area contributed by atoms with Gasteiger partial charge in [0.05, 0.1) is 11.2 Å². The summed E-state index contributed by atoms with van der Waals surface area (Å²) in [6.45, 7) is 13.4. The van der Waals surface area contributed by atoms with Gasteiger partial charge in [0.25, 0.3) is 0 Å². The standard InChI is InChI=1S/C23H34BNO6/c1-21(2,3)29-20(28)25-15-18(24-30-22(4,5)23(6,7)31-24)14-17-11-9-8-10-16(17)12-13-19(26)27/h8-11,14H,12-13,15H2,1-7H3,(H,25,28)(H,26,27). The molecular weight excluding hydrogens is 397 g/mol. The summed E-state index contributed by atoms with van der Waals surface area (Å²) in [5, 5.41) is 11.8. The molecule has 2 N–H and O–H groups in total. The van der Waals surface area contributed by atoms with E-state index in [1.807, 2.05) is 58.0 Å². The summed E-state index contributed by atoms with van der Waals surface area (Å²) in [5.41, 5.74) is 0.793. The first kappa shape index (κ1) is 24.9. The number of carboxylic acids is 1. The number of carbonyl (C=O) groups excluding carboxylic acids is 1. The monoisotopic (exact) mass is 431 g/mol. The van der Waals surface area contributed by atoms with Crippen LogP contribution < -0.4 is 5.32 Å². The lowest BCUT2D eigenvalue weighted by Gasteiger charge is -2.32. The molecule has 31 heavy (non-hydrogen) atoms. The van der Waals surface area contributed by atoms with Crippen LogP contribution in [0.4, 0.5) is 4.79 Å². The number of carbonyl (C=O) groups is 2. The van der Waals surface area contributed by atoms with Crippen LogP contribution in [0.3, 0.4) is 0 Å². The maximum Gasteiger partial charge on any atom is 0.492 e. The van der Waals surface area contributed by atoms with Crippen LogP contribution >= 0.6 is 0 Å². The van der Waals surface area contributed by atoms with Gasteiger partial charge in [-0.1, -0.05) is 30.3 Å². The third-order valence-electron chi connectivity index (χ3n) is 5.40. The summed E-state index contributed by atoms with van der Waals surface area (Å²) < 4.78 is 17.7. The van der Waals surface area contributed by atoms with Crippen LogP contribution in [0.25, 0.3) is 6.08 Å². The van der Waals surface area contributed by atoms with E-state index < -0.39 is 36.0 Å². The highest BCUT2D eigenvalue weighted by molar-refractivity contribution is 6.56. The largest absolute Gasteiger partial charge is 0.492 e. The number of hydrogen-bond donors (Lipinski definition) is 2. The molecule has 0 unspecified atom stereocenters. The number of hydrogen-bond acceptors (Lipinski definition) is 5. The molecule has 0 bridgehead atoms. The van der Waals surface area contributed by atoms with Crippen molar-refractivity contribution in [2.24, 2.45) is 0 Å². The van der Waals surface area contributed by atoms with E-state index in [4.69, 9.17) is 19.2 Å². The maximum atomic E-state index is 12.2. The molecule has 1 aliphatic rings. The lowest BCUT2D eigenvalue weighted by atomic mass is 9.76. The van der Waals surface area contributed by atoms with Crippen molar-refractivity contribution in [1.82, 2.24) is 5.32 Å². The minimum absolute atomic E-state index is 0.0346. The number of nitrogens with one attached hydrogen (secondary N) is 1. The van der Waals surface area contributed by atoms with Crippen molar-refractivity contribution in [1.29, 1.82) is 0 Å². The zero-order chi connectivity index (χ0) is 23.4. The number of carboxylic acid groups (broad SMARTS) is 1. The number of amides is 1. The number of rotatable bonds is 7. The number of aliphatic carboxylic acids is 1. The highest BCUT2D eigenvalue weighted by Crippen LogP contribution is 2.38. The van der Waals surface area contributed by atoms with Crippen molar-refractivity contribution < 1.29 is 28.7 Å². The van der Waals surface area contributed by atoms with Gasteiger partial charge in [0.15, 0.2) is 0 Å². The number of alkyl carbamates (subject to hydrolysis) is 1. The van der Waals surface area contributed by atoms with Crippen LogP contribution in [0.5, 0.6) is 0 Å². The Bertz CT molecular complexity index is 825. The van der Waals surface area contributed by atoms with Gasteiger partial charge in [-0.3, -0.25) is 4.79 Å². The van der Waals surface area contributed by atoms with Crippen molar-refractivity contribution in [3.8, 4) is 0 Å². The Hall–Kier alpha value is -2.32. The highest BCUT2D eigenvalue weighted by Gasteiger charge is 2.52. The van der Waals surface area contributed by atoms with Gasteiger partial charge >= 0.3 is 19.2 Å². The number of ether oxygens (including phenoxy) is 1. The zero-order valence-electron chi connectivity index (χ0n) is 19.6. The smallest absolute Gasteiger partial charge is 0.481 e. The Balaban J connectivity index is 2.32. The molecule has 0 radical (unpaired) electrons. The van der Waals surface area contributed by atoms with Gasteiger partial charge in [-0.25, -0.2) is 4.79 Å².